The first kappa shape index (κ1) is 24.0. The number of hydrogen-bond donors (Lipinski definition) is 2. The zero-order valence-corrected chi connectivity index (χ0v) is 20.2. The lowest BCUT2D eigenvalue weighted by atomic mass is 10.1. The van der Waals surface area contributed by atoms with E-state index in [1.165, 1.54) is 6.07 Å². The van der Waals surface area contributed by atoms with Crippen molar-refractivity contribution in [1.82, 2.24) is 9.78 Å². The van der Waals surface area contributed by atoms with Crippen molar-refractivity contribution in [3.8, 4) is 5.75 Å². The summed E-state index contributed by atoms with van der Waals surface area (Å²) in [5.74, 6) is 0.327. The number of carbonyl (C=O) groups excluding carboxylic acids is 1. The third kappa shape index (κ3) is 6.07. The Morgan fingerprint density at radius 3 is 2.37 bits per heavy atom. The second kappa shape index (κ2) is 10.4. The highest BCUT2D eigenvalue weighted by Gasteiger charge is 2.18. The zero-order chi connectivity index (χ0) is 24.8. The average Bonchev–Trinajstić information content (AvgIpc) is 3.35. The van der Waals surface area contributed by atoms with E-state index in [0.29, 0.717) is 41.4 Å². The lowest BCUT2D eigenvalue weighted by molar-refractivity contribution is 0.102. The molecule has 0 unspecified atom stereocenters. The van der Waals surface area contributed by atoms with Gasteiger partial charge in [0.1, 0.15) is 5.75 Å². The molecule has 1 aromatic heterocycles. The van der Waals surface area contributed by atoms with E-state index in [9.17, 15) is 13.2 Å². The third-order valence-corrected chi connectivity index (χ3v) is 6.80. The van der Waals surface area contributed by atoms with Crippen molar-refractivity contribution in [3.63, 3.8) is 0 Å². The number of sulfonamides is 1. The van der Waals surface area contributed by atoms with Gasteiger partial charge in [0.05, 0.1) is 18.0 Å². The zero-order valence-electron chi connectivity index (χ0n) is 19.4. The van der Waals surface area contributed by atoms with Gasteiger partial charge in [-0.3, -0.25) is 14.2 Å². The van der Waals surface area contributed by atoms with Crippen LogP contribution in [0.3, 0.4) is 0 Å². The Balaban J connectivity index is 1.46. The van der Waals surface area contributed by atoms with Crippen molar-refractivity contribution in [1.29, 1.82) is 0 Å². The molecule has 0 saturated heterocycles. The molecule has 9 heteroatoms. The summed E-state index contributed by atoms with van der Waals surface area (Å²) in [7, 11) is -3.87. The molecule has 0 aliphatic carbocycles. The number of nitrogens with zero attached hydrogens (tertiary/aromatic N) is 2. The normalized spacial score (nSPS) is 11.1. The molecule has 2 N–H and O–H groups in total. The van der Waals surface area contributed by atoms with Crippen LogP contribution in [0.1, 0.15) is 28.4 Å². The SMILES string of the molecule is CCOc1ccc(NS(=O)(=O)c2cc(NC(=O)c3ccc(Cn4cccn4)cc3)ccc2C)cc1. The molecule has 0 saturated carbocycles. The molecule has 35 heavy (non-hydrogen) atoms. The van der Waals surface area contributed by atoms with Crippen LogP contribution in [-0.2, 0) is 16.6 Å². The van der Waals surface area contributed by atoms with Crippen LogP contribution in [0.25, 0.3) is 0 Å². The van der Waals surface area contributed by atoms with Crippen molar-refractivity contribution in [2.45, 2.75) is 25.3 Å². The fourth-order valence-electron chi connectivity index (χ4n) is 3.51. The Morgan fingerprint density at radius 1 is 1.00 bits per heavy atom. The number of carbonyl (C=O) groups is 1. The van der Waals surface area contributed by atoms with Crippen LogP contribution in [0.2, 0.25) is 0 Å². The van der Waals surface area contributed by atoms with Gasteiger partial charge in [-0.05, 0) is 79.6 Å². The summed E-state index contributed by atoms with van der Waals surface area (Å²) in [4.78, 5) is 12.8. The number of ether oxygens (including phenoxy) is 1. The quantitative estimate of drug-likeness (QED) is 0.354. The van der Waals surface area contributed by atoms with Crippen molar-refractivity contribution in [2.24, 2.45) is 0 Å². The minimum Gasteiger partial charge on any atom is -0.494 e. The minimum atomic E-state index is -3.87. The topological polar surface area (TPSA) is 102 Å². The highest BCUT2D eigenvalue weighted by Crippen LogP contribution is 2.24. The molecular weight excluding hydrogens is 464 g/mol. The van der Waals surface area contributed by atoms with E-state index in [1.54, 1.807) is 66.3 Å². The van der Waals surface area contributed by atoms with Gasteiger partial charge in [-0.1, -0.05) is 18.2 Å². The molecule has 0 spiro atoms. The van der Waals surface area contributed by atoms with Crippen LogP contribution >= 0.6 is 0 Å². The molecule has 3 aromatic carbocycles. The monoisotopic (exact) mass is 490 g/mol. The van der Waals surface area contributed by atoms with Gasteiger partial charge in [0, 0.05) is 29.3 Å². The largest absolute Gasteiger partial charge is 0.494 e. The first-order valence-electron chi connectivity index (χ1n) is 11.1. The van der Waals surface area contributed by atoms with Crippen LogP contribution in [0.4, 0.5) is 11.4 Å². The summed E-state index contributed by atoms with van der Waals surface area (Å²) in [6, 6.07) is 20.5. The lowest BCUT2D eigenvalue weighted by Crippen LogP contribution is -2.16. The molecule has 0 atom stereocenters. The number of amides is 1. The van der Waals surface area contributed by atoms with Crippen LogP contribution in [-0.4, -0.2) is 30.7 Å². The summed E-state index contributed by atoms with van der Waals surface area (Å²) in [6.07, 6.45) is 3.58. The van der Waals surface area contributed by atoms with E-state index in [0.717, 1.165) is 5.56 Å². The second-order valence-corrected chi connectivity index (χ2v) is 9.55. The summed E-state index contributed by atoms with van der Waals surface area (Å²) in [5, 5.41) is 6.96. The molecule has 8 nitrogen and oxygen atoms in total. The molecule has 0 radical (unpaired) electrons. The van der Waals surface area contributed by atoms with Crippen LogP contribution in [0.5, 0.6) is 5.75 Å². The van der Waals surface area contributed by atoms with E-state index in [2.05, 4.69) is 15.1 Å². The fourth-order valence-corrected chi connectivity index (χ4v) is 4.84. The van der Waals surface area contributed by atoms with Crippen molar-refractivity contribution in [3.05, 3.63) is 102 Å². The number of hydrogen-bond acceptors (Lipinski definition) is 5. The molecule has 1 heterocycles. The Kier molecular flexibility index (Phi) is 7.17. The van der Waals surface area contributed by atoms with Gasteiger partial charge in [-0.25, -0.2) is 8.42 Å². The highest BCUT2D eigenvalue weighted by molar-refractivity contribution is 7.92. The number of rotatable bonds is 9. The Morgan fingerprint density at radius 2 is 1.71 bits per heavy atom. The summed E-state index contributed by atoms with van der Waals surface area (Å²) < 4.78 is 35.9. The molecule has 180 valence electrons. The Hall–Kier alpha value is -4.11. The predicted octanol–water partition coefficient (Wildman–Crippen LogP) is 4.69. The summed E-state index contributed by atoms with van der Waals surface area (Å²) in [5.41, 5.74) is 2.83. The molecule has 0 aliphatic rings. The number of benzene rings is 3. The van der Waals surface area contributed by atoms with E-state index < -0.39 is 10.0 Å². The fraction of sp³-hybridized carbons (Fsp3) is 0.154. The van der Waals surface area contributed by atoms with Gasteiger partial charge in [0.2, 0.25) is 0 Å². The Labute approximate surface area is 204 Å². The molecule has 0 aliphatic heterocycles. The predicted molar refractivity (Wildman–Crippen MR) is 135 cm³/mol. The Bertz CT molecular complexity index is 1400. The molecule has 4 aromatic rings. The molecule has 1 amide bonds. The maximum absolute atomic E-state index is 13.0. The number of aromatic nitrogens is 2. The molecule has 0 bridgehead atoms. The summed E-state index contributed by atoms with van der Waals surface area (Å²) in [6.45, 7) is 4.72. The number of anilines is 2. The number of aryl methyl sites for hydroxylation is 1. The van der Waals surface area contributed by atoms with Gasteiger partial charge < -0.3 is 10.1 Å². The third-order valence-electron chi connectivity index (χ3n) is 5.27. The number of nitrogens with one attached hydrogen (secondary N) is 2. The van der Waals surface area contributed by atoms with Gasteiger partial charge in [0.25, 0.3) is 15.9 Å². The van der Waals surface area contributed by atoms with Gasteiger partial charge in [0.15, 0.2) is 0 Å². The first-order chi connectivity index (χ1) is 16.8. The van der Waals surface area contributed by atoms with Crippen LogP contribution < -0.4 is 14.8 Å². The second-order valence-electron chi connectivity index (χ2n) is 7.90. The standard InChI is InChI=1S/C26H26N4O4S/c1-3-34-24-13-11-22(12-14-24)29-35(32,33)25-17-23(10-5-19(25)2)28-26(31)21-8-6-20(7-9-21)18-30-16-4-15-27-30/h4-17,29H,3,18H2,1-2H3,(H,28,31). The molecule has 0 fully saturated rings. The minimum absolute atomic E-state index is 0.0822. The van der Waals surface area contributed by atoms with Crippen LogP contribution in [0.15, 0.2) is 90.1 Å². The maximum atomic E-state index is 13.0. The van der Waals surface area contributed by atoms with Gasteiger partial charge in [-0.2, -0.15) is 5.10 Å². The first-order valence-corrected chi connectivity index (χ1v) is 12.6. The van der Waals surface area contributed by atoms with Crippen molar-refractivity contribution >= 4 is 27.3 Å². The van der Waals surface area contributed by atoms with Crippen molar-refractivity contribution < 1.29 is 17.9 Å². The highest BCUT2D eigenvalue weighted by atomic mass is 32.2. The lowest BCUT2D eigenvalue weighted by Gasteiger charge is -2.13. The van der Waals surface area contributed by atoms with Gasteiger partial charge in [-0.15, -0.1) is 0 Å². The van der Waals surface area contributed by atoms with E-state index in [-0.39, 0.29) is 10.8 Å². The van der Waals surface area contributed by atoms with E-state index in [4.69, 9.17) is 4.74 Å². The maximum Gasteiger partial charge on any atom is 0.262 e. The van der Waals surface area contributed by atoms with E-state index in [1.807, 2.05) is 31.3 Å². The van der Waals surface area contributed by atoms with Gasteiger partial charge >= 0.3 is 0 Å². The van der Waals surface area contributed by atoms with E-state index >= 15 is 0 Å². The summed E-state index contributed by atoms with van der Waals surface area (Å²) >= 11 is 0. The van der Waals surface area contributed by atoms with Crippen molar-refractivity contribution in [2.75, 3.05) is 16.6 Å². The van der Waals surface area contributed by atoms with Crippen LogP contribution in [0, 0.1) is 6.92 Å². The molecule has 4 rings (SSSR count). The average molecular weight is 491 g/mol. The molecular formula is C26H26N4O4S. The smallest absolute Gasteiger partial charge is 0.262 e.